The van der Waals surface area contributed by atoms with Crippen molar-refractivity contribution in [3.05, 3.63) is 0 Å². The van der Waals surface area contributed by atoms with Gasteiger partial charge in [0.1, 0.15) is 6.54 Å². The first kappa shape index (κ1) is 20.1. The van der Waals surface area contributed by atoms with Crippen LogP contribution in [0.4, 0.5) is 0 Å². The molecule has 8 nitrogen and oxygen atoms in total. The lowest BCUT2D eigenvalue weighted by Gasteiger charge is -2.35. The molecule has 0 spiro atoms. The summed E-state index contributed by atoms with van der Waals surface area (Å²) in [5, 5.41) is 8.88. The lowest BCUT2D eigenvalue weighted by atomic mass is 10.0. The Balaban J connectivity index is 1.85. The van der Waals surface area contributed by atoms with Gasteiger partial charge in [-0.05, 0) is 12.3 Å². The van der Waals surface area contributed by atoms with Crippen molar-refractivity contribution < 1.29 is 27.9 Å². The molecule has 2 rings (SSSR count). The number of rotatable bonds is 8. The van der Waals surface area contributed by atoms with Crippen LogP contribution in [0.2, 0.25) is 0 Å². The van der Waals surface area contributed by atoms with Gasteiger partial charge in [0, 0.05) is 26.1 Å². The third-order valence-electron chi connectivity index (χ3n) is 4.92. The van der Waals surface area contributed by atoms with Crippen molar-refractivity contribution >= 4 is 21.9 Å². The van der Waals surface area contributed by atoms with E-state index in [0.29, 0.717) is 32.0 Å². The van der Waals surface area contributed by atoms with E-state index < -0.39 is 28.6 Å². The Bertz CT molecular complexity index is 573. The number of amides is 1. The van der Waals surface area contributed by atoms with Gasteiger partial charge >= 0.3 is 5.97 Å². The van der Waals surface area contributed by atoms with Gasteiger partial charge in [0.25, 0.3) is 0 Å². The van der Waals surface area contributed by atoms with E-state index in [4.69, 9.17) is 9.84 Å². The van der Waals surface area contributed by atoms with Gasteiger partial charge in [-0.2, -0.15) is 4.31 Å². The highest BCUT2D eigenvalue weighted by molar-refractivity contribution is 7.88. The number of sulfonamides is 1. The first-order chi connectivity index (χ1) is 11.8. The third kappa shape index (κ3) is 6.56. The summed E-state index contributed by atoms with van der Waals surface area (Å²) in [5.74, 6) is -0.493. The topological polar surface area (TPSA) is 104 Å². The molecule has 1 amide bonds. The third-order valence-corrected chi connectivity index (χ3v) is 6.14. The van der Waals surface area contributed by atoms with E-state index in [2.05, 4.69) is 0 Å². The zero-order valence-corrected chi connectivity index (χ0v) is 15.5. The highest BCUT2D eigenvalue weighted by Crippen LogP contribution is 2.28. The predicted octanol–water partition coefficient (Wildman–Crippen LogP) is 0.530. The van der Waals surface area contributed by atoms with Crippen molar-refractivity contribution in [2.24, 2.45) is 5.92 Å². The zero-order valence-electron chi connectivity index (χ0n) is 14.7. The van der Waals surface area contributed by atoms with Gasteiger partial charge in [0.15, 0.2) is 0 Å². The zero-order chi connectivity index (χ0) is 18.4. The first-order valence-electron chi connectivity index (χ1n) is 8.82. The number of nitrogens with zero attached hydrogens (tertiary/aromatic N) is 2. The maximum Gasteiger partial charge on any atom is 0.318 e. The molecule has 9 heteroatoms. The fourth-order valence-corrected chi connectivity index (χ4v) is 4.32. The van der Waals surface area contributed by atoms with Crippen LogP contribution in [0, 0.1) is 5.92 Å². The molecule has 144 valence electrons. The fourth-order valence-electron chi connectivity index (χ4n) is 3.54. The molecule has 0 bridgehead atoms. The molecule has 2 aliphatic rings. The summed E-state index contributed by atoms with van der Waals surface area (Å²) in [5.41, 5.74) is 0. The monoisotopic (exact) mass is 376 g/mol. The van der Waals surface area contributed by atoms with E-state index in [9.17, 15) is 18.0 Å². The molecular weight excluding hydrogens is 348 g/mol. The molecule has 0 radical (unpaired) electrons. The van der Waals surface area contributed by atoms with Gasteiger partial charge in [-0.25, -0.2) is 8.42 Å². The van der Waals surface area contributed by atoms with E-state index in [1.54, 1.807) is 4.90 Å². The van der Waals surface area contributed by atoms with Crippen molar-refractivity contribution in [1.29, 1.82) is 0 Å². The Kier molecular flexibility index (Phi) is 7.21. The summed E-state index contributed by atoms with van der Waals surface area (Å²) < 4.78 is 29.9. The molecule has 1 unspecified atom stereocenters. The molecule has 0 aromatic rings. The highest BCUT2D eigenvalue weighted by Gasteiger charge is 2.30. The van der Waals surface area contributed by atoms with Crippen LogP contribution < -0.4 is 0 Å². The Morgan fingerprint density at radius 1 is 1.28 bits per heavy atom. The van der Waals surface area contributed by atoms with Gasteiger partial charge in [-0.1, -0.05) is 25.7 Å². The molecule has 1 atom stereocenters. The lowest BCUT2D eigenvalue weighted by Crippen LogP contribution is -2.51. The Hall–Kier alpha value is -1.19. The van der Waals surface area contributed by atoms with Crippen LogP contribution in [-0.2, 0) is 24.3 Å². The van der Waals surface area contributed by atoms with Crippen LogP contribution in [0.5, 0.6) is 0 Å². The number of aliphatic carboxylic acids is 1. The standard InChI is InChI=1S/C16H28N2O6S/c1-25(22,23)18(12-16(20)21)11-14-10-17(8-9-24-14)15(19)7-6-13-4-2-3-5-13/h13-14H,2-12H2,1H3,(H,20,21). The number of hydrogen-bond donors (Lipinski definition) is 1. The summed E-state index contributed by atoms with van der Waals surface area (Å²) in [6.07, 6.45) is 6.82. The molecule has 25 heavy (non-hydrogen) atoms. The van der Waals surface area contributed by atoms with Crippen LogP contribution in [0.3, 0.4) is 0 Å². The summed E-state index contributed by atoms with van der Waals surface area (Å²) in [6.45, 7) is 0.476. The second kappa shape index (κ2) is 8.95. The average Bonchev–Trinajstić information content (AvgIpc) is 3.04. The molecule has 1 saturated carbocycles. The number of carboxylic acid groups (broad SMARTS) is 1. The SMILES string of the molecule is CS(=O)(=O)N(CC(=O)O)CC1CN(C(=O)CCC2CCCC2)CCO1. The molecule has 0 aromatic heterocycles. The van der Waals surface area contributed by atoms with Crippen LogP contribution in [0.25, 0.3) is 0 Å². The van der Waals surface area contributed by atoms with Crippen LogP contribution in [-0.4, -0.2) is 79.8 Å². The second-order valence-corrected chi connectivity index (χ2v) is 8.95. The maximum atomic E-state index is 12.4. The molecule has 2 fully saturated rings. The van der Waals surface area contributed by atoms with Crippen LogP contribution in [0.15, 0.2) is 0 Å². The van der Waals surface area contributed by atoms with Gasteiger partial charge in [-0.15, -0.1) is 0 Å². The smallest absolute Gasteiger partial charge is 0.318 e. The minimum Gasteiger partial charge on any atom is -0.480 e. The van der Waals surface area contributed by atoms with E-state index >= 15 is 0 Å². The van der Waals surface area contributed by atoms with E-state index in [-0.39, 0.29) is 12.5 Å². The predicted molar refractivity (Wildman–Crippen MR) is 91.6 cm³/mol. The molecular formula is C16H28N2O6S. The summed E-state index contributed by atoms with van der Waals surface area (Å²) >= 11 is 0. The van der Waals surface area contributed by atoms with Gasteiger partial charge in [0.2, 0.25) is 15.9 Å². The molecule has 1 saturated heterocycles. The summed E-state index contributed by atoms with van der Waals surface area (Å²) in [6, 6.07) is 0. The quantitative estimate of drug-likeness (QED) is 0.663. The highest BCUT2D eigenvalue weighted by atomic mass is 32.2. The van der Waals surface area contributed by atoms with Crippen LogP contribution >= 0.6 is 0 Å². The van der Waals surface area contributed by atoms with Gasteiger partial charge in [-0.3, -0.25) is 9.59 Å². The second-order valence-electron chi connectivity index (χ2n) is 6.97. The normalized spacial score (nSPS) is 22.5. The summed E-state index contributed by atoms with van der Waals surface area (Å²) in [4.78, 5) is 25.0. The van der Waals surface area contributed by atoms with Crippen LogP contribution in [0.1, 0.15) is 38.5 Å². The average molecular weight is 376 g/mol. The minimum atomic E-state index is -3.65. The maximum absolute atomic E-state index is 12.4. The largest absolute Gasteiger partial charge is 0.480 e. The first-order valence-corrected chi connectivity index (χ1v) is 10.7. The molecule has 1 N–H and O–H groups in total. The van der Waals surface area contributed by atoms with Crippen molar-refractivity contribution in [3.63, 3.8) is 0 Å². The number of morpholine rings is 1. The molecule has 1 aliphatic carbocycles. The van der Waals surface area contributed by atoms with Crippen molar-refractivity contribution in [1.82, 2.24) is 9.21 Å². The van der Waals surface area contributed by atoms with E-state index in [0.717, 1.165) is 17.0 Å². The Labute approximate surface area is 149 Å². The molecule has 0 aromatic carbocycles. The fraction of sp³-hybridized carbons (Fsp3) is 0.875. The number of hydrogen-bond acceptors (Lipinski definition) is 5. The van der Waals surface area contributed by atoms with Crippen molar-refractivity contribution in [2.75, 3.05) is 39.0 Å². The summed E-state index contributed by atoms with van der Waals surface area (Å²) in [7, 11) is -3.65. The number of carbonyl (C=O) groups is 2. The molecule has 1 heterocycles. The number of carboxylic acids is 1. The lowest BCUT2D eigenvalue weighted by molar-refractivity contribution is -0.141. The van der Waals surface area contributed by atoms with Gasteiger partial charge < -0.3 is 14.7 Å². The number of ether oxygens (including phenoxy) is 1. The van der Waals surface area contributed by atoms with Gasteiger partial charge in [0.05, 0.1) is 19.0 Å². The van der Waals surface area contributed by atoms with Crippen molar-refractivity contribution in [3.8, 4) is 0 Å². The molecule has 1 aliphatic heterocycles. The Morgan fingerprint density at radius 3 is 2.56 bits per heavy atom. The van der Waals surface area contributed by atoms with E-state index in [1.807, 2.05) is 0 Å². The van der Waals surface area contributed by atoms with E-state index in [1.165, 1.54) is 25.7 Å². The number of carbonyl (C=O) groups excluding carboxylic acids is 1. The minimum absolute atomic E-state index is 0.0580. The van der Waals surface area contributed by atoms with Crippen molar-refractivity contribution in [2.45, 2.75) is 44.6 Å². The Morgan fingerprint density at radius 2 is 1.96 bits per heavy atom.